The molecule has 0 aliphatic carbocycles. The van der Waals surface area contributed by atoms with Crippen molar-refractivity contribution in [2.45, 2.75) is 19.8 Å². The SMILES string of the molecule is COC(=O)c1cc(C(=O)Nc2cccc(C(C)C)c2)cc([N+](=O)[O-])c1. The van der Waals surface area contributed by atoms with Gasteiger partial charge < -0.3 is 10.1 Å². The zero-order valence-corrected chi connectivity index (χ0v) is 14.1. The Bertz CT molecular complexity index is 830. The van der Waals surface area contributed by atoms with Gasteiger partial charge in [0.05, 0.1) is 17.6 Å². The quantitative estimate of drug-likeness (QED) is 0.507. The molecule has 0 saturated heterocycles. The Kier molecular flexibility index (Phi) is 5.49. The van der Waals surface area contributed by atoms with Gasteiger partial charge in [-0.15, -0.1) is 0 Å². The maximum absolute atomic E-state index is 12.4. The molecule has 0 fully saturated rings. The molecule has 130 valence electrons. The van der Waals surface area contributed by atoms with Crippen molar-refractivity contribution in [1.29, 1.82) is 0 Å². The smallest absolute Gasteiger partial charge is 0.338 e. The number of hydrogen-bond donors (Lipinski definition) is 1. The summed E-state index contributed by atoms with van der Waals surface area (Å²) in [5.74, 6) is -1.00. The van der Waals surface area contributed by atoms with Crippen LogP contribution in [0, 0.1) is 10.1 Å². The maximum atomic E-state index is 12.4. The highest BCUT2D eigenvalue weighted by Gasteiger charge is 2.18. The Morgan fingerprint density at radius 3 is 2.40 bits per heavy atom. The van der Waals surface area contributed by atoms with Crippen LogP contribution in [-0.2, 0) is 4.74 Å². The molecule has 2 aromatic carbocycles. The number of carbonyl (C=O) groups excluding carboxylic acids is 2. The third-order valence-corrected chi connectivity index (χ3v) is 3.62. The Morgan fingerprint density at radius 1 is 1.12 bits per heavy atom. The van der Waals surface area contributed by atoms with Crippen molar-refractivity contribution in [1.82, 2.24) is 0 Å². The Balaban J connectivity index is 2.35. The van der Waals surface area contributed by atoms with Crippen LogP contribution in [0.1, 0.15) is 46.0 Å². The topological polar surface area (TPSA) is 98.5 Å². The standard InChI is InChI=1S/C18H18N2O5/c1-11(2)12-5-4-6-15(8-12)19-17(21)13-7-14(18(22)25-3)10-16(9-13)20(23)24/h4-11H,1-3H3,(H,19,21). The summed E-state index contributed by atoms with van der Waals surface area (Å²) < 4.78 is 4.57. The molecular weight excluding hydrogens is 324 g/mol. The summed E-state index contributed by atoms with van der Waals surface area (Å²) >= 11 is 0. The molecule has 7 nitrogen and oxygen atoms in total. The van der Waals surface area contributed by atoms with E-state index in [0.717, 1.165) is 17.7 Å². The number of rotatable bonds is 5. The monoisotopic (exact) mass is 342 g/mol. The molecule has 0 spiro atoms. The number of nitro benzene ring substituents is 1. The predicted molar refractivity (Wildman–Crippen MR) is 92.9 cm³/mol. The van der Waals surface area contributed by atoms with Crippen LogP contribution >= 0.6 is 0 Å². The number of nitrogens with zero attached hydrogens (tertiary/aromatic N) is 1. The number of carbonyl (C=O) groups is 2. The van der Waals surface area contributed by atoms with E-state index >= 15 is 0 Å². The lowest BCUT2D eigenvalue weighted by Gasteiger charge is -2.10. The van der Waals surface area contributed by atoms with Crippen molar-refractivity contribution in [3.8, 4) is 0 Å². The summed E-state index contributed by atoms with van der Waals surface area (Å²) in [5.41, 5.74) is 1.21. The van der Waals surface area contributed by atoms with Gasteiger partial charge in [-0.05, 0) is 29.7 Å². The van der Waals surface area contributed by atoms with E-state index in [9.17, 15) is 19.7 Å². The molecule has 0 aliphatic heterocycles. The Labute approximate surface area is 144 Å². The fourth-order valence-corrected chi connectivity index (χ4v) is 2.26. The molecule has 0 heterocycles. The number of benzene rings is 2. The molecule has 0 radical (unpaired) electrons. The molecule has 0 saturated carbocycles. The highest BCUT2D eigenvalue weighted by molar-refractivity contribution is 6.06. The first kappa shape index (κ1) is 18.1. The van der Waals surface area contributed by atoms with Crippen LogP contribution < -0.4 is 5.32 Å². The van der Waals surface area contributed by atoms with Gasteiger partial charge in [-0.25, -0.2) is 4.79 Å². The second-order valence-electron chi connectivity index (χ2n) is 5.75. The molecule has 0 aliphatic rings. The fraction of sp³-hybridized carbons (Fsp3) is 0.222. The van der Waals surface area contributed by atoms with Crippen molar-refractivity contribution < 1.29 is 19.2 Å². The normalized spacial score (nSPS) is 10.4. The second kappa shape index (κ2) is 7.57. The summed E-state index contributed by atoms with van der Waals surface area (Å²) in [5, 5.41) is 13.7. The van der Waals surface area contributed by atoms with Crippen LogP contribution in [0.25, 0.3) is 0 Å². The van der Waals surface area contributed by atoms with E-state index in [2.05, 4.69) is 10.1 Å². The fourth-order valence-electron chi connectivity index (χ4n) is 2.26. The van der Waals surface area contributed by atoms with Crippen LogP contribution in [0.2, 0.25) is 0 Å². The number of amides is 1. The van der Waals surface area contributed by atoms with E-state index in [1.807, 2.05) is 32.0 Å². The van der Waals surface area contributed by atoms with Gasteiger partial charge in [-0.3, -0.25) is 14.9 Å². The van der Waals surface area contributed by atoms with E-state index < -0.39 is 16.8 Å². The first-order valence-electron chi connectivity index (χ1n) is 7.61. The molecule has 1 amide bonds. The van der Waals surface area contributed by atoms with Gasteiger partial charge in [0.1, 0.15) is 0 Å². The van der Waals surface area contributed by atoms with Crippen LogP contribution in [0.5, 0.6) is 0 Å². The average Bonchev–Trinajstić information content (AvgIpc) is 2.60. The van der Waals surface area contributed by atoms with Crippen molar-refractivity contribution in [2.75, 3.05) is 12.4 Å². The van der Waals surface area contributed by atoms with E-state index in [1.165, 1.54) is 13.2 Å². The summed E-state index contributed by atoms with van der Waals surface area (Å²) in [7, 11) is 1.17. The molecule has 0 aromatic heterocycles. The van der Waals surface area contributed by atoms with Gasteiger partial charge in [0.15, 0.2) is 0 Å². The summed E-state index contributed by atoms with van der Waals surface area (Å²) in [6, 6.07) is 10.8. The highest BCUT2D eigenvalue weighted by Crippen LogP contribution is 2.21. The van der Waals surface area contributed by atoms with Gasteiger partial charge in [-0.2, -0.15) is 0 Å². The Morgan fingerprint density at radius 2 is 1.80 bits per heavy atom. The molecule has 7 heteroatoms. The minimum absolute atomic E-state index is 0.00421. The summed E-state index contributed by atoms with van der Waals surface area (Å²) in [6.45, 7) is 4.06. The van der Waals surface area contributed by atoms with Crippen LogP contribution in [0.15, 0.2) is 42.5 Å². The molecule has 25 heavy (non-hydrogen) atoms. The maximum Gasteiger partial charge on any atom is 0.338 e. The average molecular weight is 342 g/mol. The third kappa shape index (κ3) is 4.41. The minimum Gasteiger partial charge on any atom is -0.465 e. The van der Waals surface area contributed by atoms with Gasteiger partial charge in [0.25, 0.3) is 11.6 Å². The first-order valence-corrected chi connectivity index (χ1v) is 7.61. The third-order valence-electron chi connectivity index (χ3n) is 3.62. The van der Waals surface area contributed by atoms with Crippen LogP contribution in [0.3, 0.4) is 0 Å². The van der Waals surface area contributed by atoms with Gasteiger partial charge in [0.2, 0.25) is 0 Å². The first-order chi connectivity index (χ1) is 11.8. The lowest BCUT2D eigenvalue weighted by molar-refractivity contribution is -0.384. The van der Waals surface area contributed by atoms with E-state index in [4.69, 9.17) is 0 Å². The van der Waals surface area contributed by atoms with Gasteiger partial charge in [0, 0.05) is 23.4 Å². The molecule has 2 aromatic rings. The number of hydrogen-bond acceptors (Lipinski definition) is 5. The molecule has 0 bridgehead atoms. The number of esters is 1. The number of ether oxygens (including phenoxy) is 1. The summed E-state index contributed by atoms with van der Waals surface area (Å²) in [6.07, 6.45) is 0. The second-order valence-corrected chi connectivity index (χ2v) is 5.75. The number of methoxy groups -OCH3 is 1. The van der Waals surface area contributed by atoms with Crippen LogP contribution in [0.4, 0.5) is 11.4 Å². The number of nitrogens with one attached hydrogen (secondary N) is 1. The van der Waals surface area contributed by atoms with Crippen molar-refractivity contribution in [2.24, 2.45) is 0 Å². The van der Waals surface area contributed by atoms with Crippen molar-refractivity contribution in [3.63, 3.8) is 0 Å². The predicted octanol–water partition coefficient (Wildman–Crippen LogP) is 3.76. The highest BCUT2D eigenvalue weighted by atomic mass is 16.6. The van der Waals surface area contributed by atoms with Gasteiger partial charge in [-0.1, -0.05) is 26.0 Å². The number of nitro groups is 1. The van der Waals surface area contributed by atoms with Crippen LogP contribution in [-0.4, -0.2) is 23.9 Å². The lowest BCUT2D eigenvalue weighted by atomic mass is 10.0. The Hall–Kier alpha value is -3.22. The van der Waals surface area contributed by atoms with Gasteiger partial charge >= 0.3 is 5.97 Å². The molecule has 2 rings (SSSR count). The largest absolute Gasteiger partial charge is 0.465 e. The van der Waals surface area contributed by atoms with Crippen molar-refractivity contribution in [3.05, 3.63) is 69.3 Å². The number of non-ortho nitro benzene ring substituents is 1. The number of anilines is 1. The van der Waals surface area contributed by atoms with E-state index in [1.54, 1.807) is 6.07 Å². The van der Waals surface area contributed by atoms with E-state index in [-0.39, 0.29) is 16.8 Å². The molecular formula is C18H18N2O5. The molecule has 0 atom stereocenters. The molecule has 0 unspecified atom stereocenters. The van der Waals surface area contributed by atoms with Crippen molar-refractivity contribution >= 4 is 23.3 Å². The zero-order valence-electron chi connectivity index (χ0n) is 14.1. The summed E-state index contributed by atoms with van der Waals surface area (Å²) in [4.78, 5) is 34.5. The minimum atomic E-state index is -0.750. The zero-order chi connectivity index (χ0) is 18.6. The van der Waals surface area contributed by atoms with E-state index in [0.29, 0.717) is 11.6 Å². The molecule has 1 N–H and O–H groups in total. The lowest BCUT2D eigenvalue weighted by Crippen LogP contribution is -2.14.